The van der Waals surface area contributed by atoms with Crippen LogP contribution in [0, 0.1) is 12.7 Å². The third-order valence-corrected chi connectivity index (χ3v) is 6.27. The number of anilines is 1. The predicted molar refractivity (Wildman–Crippen MR) is 134 cm³/mol. The molecule has 1 amide bonds. The number of aromatic nitrogens is 2. The van der Waals surface area contributed by atoms with E-state index in [4.69, 9.17) is 4.74 Å². The molecule has 7 nitrogen and oxygen atoms in total. The molecule has 1 N–H and O–H groups in total. The molecule has 0 bridgehead atoms. The summed E-state index contributed by atoms with van der Waals surface area (Å²) in [5, 5.41) is 4.70. The van der Waals surface area contributed by atoms with E-state index in [1.165, 1.54) is 17.3 Å². The Bertz CT molecular complexity index is 1370. The molecule has 8 heteroatoms. The minimum absolute atomic E-state index is 0.377. The fraction of sp³-hybridized carbons (Fsp3) is 0.259. The molecular formula is C27H28FN5O2. The predicted octanol–water partition coefficient (Wildman–Crippen LogP) is 5.23. The van der Waals surface area contributed by atoms with Crippen molar-refractivity contribution in [2.24, 2.45) is 0 Å². The van der Waals surface area contributed by atoms with Crippen LogP contribution in [0.3, 0.4) is 0 Å². The highest BCUT2D eigenvalue weighted by Crippen LogP contribution is 2.29. The molecule has 3 heterocycles. The Kier molecular flexibility index (Phi) is 6.37. The molecule has 0 unspecified atom stereocenters. The van der Waals surface area contributed by atoms with Crippen LogP contribution in [0.4, 0.5) is 14.9 Å². The molecule has 2 aromatic heterocycles. The van der Waals surface area contributed by atoms with Gasteiger partial charge in [0.2, 0.25) is 0 Å². The molecule has 0 spiro atoms. The van der Waals surface area contributed by atoms with Gasteiger partial charge in [0.25, 0.3) is 0 Å². The van der Waals surface area contributed by atoms with Gasteiger partial charge >= 0.3 is 6.09 Å². The van der Waals surface area contributed by atoms with Crippen LogP contribution in [0.1, 0.15) is 30.0 Å². The molecule has 0 atom stereocenters. The Morgan fingerprint density at radius 3 is 2.83 bits per heavy atom. The molecule has 0 radical (unpaired) electrons. The summed E-state index contributed by atoms with van der Waals surface area (Å²) in [7, 11) is 0. The second kappa shape index (κ2) is 9.76. The number of benzene rings is 2. The monoisotopic (exact) mass is 473 g/mol. The fourth-order valence-electron chi connectivity index (χ4n) is 4.60. The normalized spacial score (nSPS) is 13.5. The van der Waals surface area contributed by atoms with Gasteiger partial charge in [0.15, 0.2) is 5.82 Å². The molecule has 0 aliphatic carbocycles. The van der Waals surface area contributed by atoms with Crippen molar-refractivity contribution in [2.45, 2.75) is 33.2 Å². The van der Waals surface area contributed by atoms with Gasteiger partial charge in [-0.15, -0.1) is 0 Å². The first-order valence-corrected chi connectivity index (χ1v) is 11.8. The molecule has 180 valence electrons. The molecule has 0 saturated heterocycles. The first-order chi connectivity index (χ1) is 17.0. The zero-order valence-corrected chi connectivity index (χ0v) is 19.9. The van der Waals surface area contributed by atoms with E-state index in [9.17, 15) is 9.18 Å². The lowest BCUT2D eigenvalue weighted by molar-refractivity contribution is 0.135. The quantitative estimate of drug-likeness (QED) is 0.416. The van der Waals surface area contributed by atoms with Gasteiger partial charge in [-0.05, 0) is 60.7 Å². The molecule has 2 aromatic carbocycles. The van der Waals surface area contributed by atoms with E-state index in [-0.39, 0.29) is 5.82 Å². The highest BCUT2D eigenvalue weighted by Gasteiger charge is 2.20. The first-order valence-electron chi connectivity index (χ1n) is 11.8. The largest absolute Gasteiger partial charge is 0.427 e. The van der Waals surface area contributed by atoms with E-state index >= 15 is 0 Å². The topological polar surface area (TPSA) is 62.6 Å². The molecule has 0 fully saturated rings. The van der Waals surface area contributed by atoms with Gasteiger partial charge < -0.3 is 4.74 Å². The average Bonchev–Trinajstić information content (AvgIpc) is 3.18. The van der Waals surface area contributed by atoms with Crippen molar-refractivity contribution in [2.75, 3.05) is 18.1 Å². The molecule has 4 aromatic rings. The maximum absolute atomic E-state index is 14.6. The zero-order chi connectivity index (χ0) is 24.4. The van der Waals surface area contributed by atoms with Crippen LogP contribution in [0.25, 0.3) is 10.9 Å². The minimum atomic E-state index is -0.521. The summed E-state index contributed by atoms with van der Waals surface area (Å²) < 4.78 is 22.1. The number of hydrogen-bond donors (Lipinski definition) is 1. The lowest BCUT2D eigenvalue weighted by Crippen LogP contribution is -2.46. The molecular weight excluding hydrogens is 445 g/mol. The van der Waals surface area contributed by atoms with E-state index in [2.05, 4.69) is 29.5 Å². The third kappa shape index (κ3) is 4.70. The SMILES string of the molecule is CCCN(c1ccncc1F)n1cc(C)c2cc(OC(=O)NN3CCc4ccccc4C3)ccc21. The maximum atomic E-state index is 14.6. The maximum Gasteiger partial charge on any atom is 0.427 e. The molecule has 0 saturated carbocycles. The number of hydrogen-bond acceptors (Lipinski definition) is 5. The Morgan fingerprint density at radius 2 is 2.03 bits per heavy atom. The molecule has 5 rings (SSSR count). The van der Waals surface area contributed by atoms with Crippen molar-refractivity contribution in [1.29, 1.82) is 0 Å². The Hall–Kier alpha value is -3.91. The lowest BCUT2D eigenvalue weighted by atomic mass is 10.0. The van der Waals surface area contributed by atoms with E-state index in [1.54, 1.807) is 18.3 Å². The smallest absolute Gasteiger partial charge is 0.409 e. The van der Waals surface area contributed by atoms with Crippen molar-refractivity contribution >= 4 is 22.7 Å². The number of rotatable bonds is 6. The van der Waals surface area contributed by atoms with Gasteiger partial charge in [0, 0.05) is 37.4 Å². The number of fused-ring (bicyclic) bond motifs is 2. The Balaban J connectivity index is 1.34. The van der Waals surface area contributed by atoms with Crippen LogP contribution < -0.4 is 15.2 Å². The number of nitrogens with one attached hydrogen (secondary N) is 1. The second-order valence-corrected chi connectivity index (χ2v) is 8.73. The van der Waals surface area contributed by atoms with Crippen molar-refractivity contribution in [3.05, 3.63) is 89.6 Å². The number of carbonyl (C=O) groups excluding carboxylic acids is 1. The standard InChI is InChI=1S/C27H28FN5O2/c1-3-13-32(26-10-12-29-16-24(26)28)33-17-19(2)23-15-22(8-9-25(23)33)35-27(34)30-31-14-11-20-6-4-5-7-21(20)18-31/h4-10,12,15-17H,3,11,13-14,18H2,1-2H3,(H,30,34). The van der Waals surface area contributed by atoms with E-state index < -0.39 is 6.09 Å². The number of carbonyl (C=O) groups is 1. The zero-order valence-electron chi connectivity index (χ0n) is 19.9. The van der Waals surface area contributed by atoms with E-state index in [0.29, 0.717) is 24.5 Å². The van der Waals surface area contributed by atoms with Gasteiger partial charge in [0.1, 0.15) is 5.75 Å². The summed E-state index contributed by atoms with van der Waals surface area (Å²) in [6.45, 7) is 6.04. The fourth-order valence-corrected chi connectivity index (χ4v) is 4.60. The first kappa shape index (κ1) is 22.9. The Morgan fingerprint density at radius 1 is 1.20 bits per heavy atom. The summed E-state index contributed by atoms with van der Waals surface area (Å²) in [4.78, 5) is 16.5. The Labute approximate surface area is 203 Å². The highest BCUT2D eigenvalue weighted by molar-refractivity contribution is 5.86. The van der Waals surface area contributed by atoms with Crippen LogP contribution in [-0.4, -0.2) is 33.9 Å². The second-order valence-electron chi connectivity index (χ2n) is 8.73. The van der Waals surface area contributed by atoms with E-state index in [0.717, 1.165) is 35.9 Å². The lowest BCUT2D eigenvalue weighted by Gasteiger charge is -2.28. The highest BCUT2D eigenvalue weighted by atomic mass is 19.1. The van der Waals surface area contributed by atoms with Crippen LogP contribution in [0.5, 0.6) is 5.75 Å². The molecule has 1 aliphatic rings. The van der Waals surface area contributed by atoms with Crippen LogP contribution in [0.2, 0.25) is 0 Å². The number of hydrazine groups is 1. The number of nitrogens with zero attached hydrogens (tertiary/aromatic N) is 4. The summed E-state index contributed by atoms with van der Waals surface area (Å²) in [5.41, 5.74) is 7.72. The van der Waals surface area contributed by atoms with Crippen molar-refractivity contribution in [3.63, 3.8) is 0 Å². The van der Waals surface area contributed by atoms with E-state index in [1.807, 2.05) is 52.1 Å². The summed E-state index contributed by atoms with van der Waals surface area (Å²) in [6.07, 6.45) is 5.97. The van der Waals surface area contributed by atoms with Gasteiger partial charge in [-0.1, -0.05) is 31.2 Å². The number of pyridine rings is 1. The summed E-state index contributed by atoms with van der Waals surface area (Å²) >= 11 is 0. The van der Waals surface area contributed by atoms with Crippen molar-refractivity contribution in [1.82, 2.24) is 20.1 Å². The summed E-state index contributed by atoms with van der Waals surface area (Å²) in [5.74, 6) is 0.0720. The number of amides is 1. The average molecular weight is 474 g/mol. The van der Waals surface area contributed by atoms with Crippen molar-refractivity contribution in [3.8, 4) is 5.75 Å². The minimum Gasteiger partial charge on any atom is -0.409 e. The van der Waals surface area contributed by atoms with Gasteiger partial charge in [-0.3, -0.25) is 20.1 Å². The van der Waals surface area contributed by atoms with Crippen LogP contribution in [0.15, 0.2) is 67.1 Å². The van der Waals surface area contributed by atoms with Crippen molar-refractivity contribution < 1.29 is 13.9 Å². The molecule has 35 heavy (non-hydrogen) atoms. The van der Waals surface area contributed by atoms with Gasteiger partial charge in [-0.25, -0.2) is 14.2 Å². The van der Waals surface area contributed by atoms with Gasteiger partial charge in [-0.2, -0.15) is 0 Å². The summed E-state index contributed by atoms with van der Waals surface area (Å²) in [6, 6.07) is 15.4. The number of halogens is 1. The number of aryl methyl sites for hydroxylation is 1. The van der Waals surface area contributed by atoms with Crippen LogP contribution in [-0.2, 0) is 13.0 Å². The van der Waals surface area contributed by atoms with Gasteiger partial charge in [0.05, 0.1) is 17.4 Å². The molecule has 1 aliphatic heterocycles. The third-order valence-electron chi connectivity index (χ3n) is 6.27. The number of ether oxygens (including phenoxy) is 1. The van der Waals surface area contributed by atoms with Crippen LogP contribution >= 0.6 is 0 Å².